The van der Waals surface area contributed by atoms with Crippen LogP contribution in [0.1, 0.15) is 28.9 Å². The molecule has 0 spiro atoms. The number of carbonyl (C=O) groups is 1. The molecule has 2 aromatic carbocycles. The van der Waals surface area contributed by atoms with Crippen molar-refractivity contribution in [3.8, 4) is 0 Å². The fourth-order valence-corrected chi connectivity index (χ4v) is 2.41. The van der Waals surface area contributed by atoms with Crippen LogP contribution in [0.4, 0.5) is 0 Å². The summed E-state index contributed by atoms with van der Waals surface area (Å²) in [7, 11) is 0. The van der Waals surface area contributed by atoms with Crippen molar-refractivity contribution in [1.29, 1.82) is 0 Å². The van der Waals surface area contributed by atoms with Gasteiger partial charge in [0.25, 0.3) is 5.91 Å². The van der Waals surface area contributed by atoms with E-state index in [2.05, 4.69) is 10.3 Å². The van der Waals surface area contributed by atoms with Crippen molar-refractivity contribution in [2.45, 2.75) is 13.0 Å². The number of carbonyl (C=O) groups excluding carboxylic acids is 1. The second-order valence-corrected chi connectivity index (χ2v) is 5.01. The minimum Gasteiger partial charge on any atom is -0.345 e. The molecule has 3 aromatic rings. The quantitative estimate of drug-likeness (QED) is 0.792. The Hall–Kier alpha value is -2.68. The Morgan fingerprint density at radius 2 is 1.86 bits per heavy atom. The van der Waals surface area contributed by atoms with Gasteiger partial charge in [-0.15, -0.1) is 0 Å². The van der Waals surface area contributed by atoms with Crippen LogP contribution in [0, 0.1) is 0 Å². The number of amides is 1. The normalized spacial score (nSPS) is 12.0. The molecule has 3 nitrogen and oxygen atoms in total. The van der Waals surface area contributed by atoms with Crippen LogP contribution < -0.4 is 5.32 Å². The molecule has 0 saturated heterocycles. The second kappa shape index (κ2) is 5.75. The first kappa shape index (κ1) is 13.3. The Balaban J connectivity index is 1.88. The van der Waals surface area contributed by atoms with E-state index in [0.717, 1.165) is 16.3 Å². The highest BCUT2D eigenvalue weighted by atomic mass is 16.1. The van der Waals surface area contributed by atoms with Gasteiger partial charge in [-0.05, 0) is 30.0 Å². The topological polar surface area (TPSA) is 42.0 Å². The van der Waals surface area contributed by atoms with Gasteiger partial charge < -0.3 is 5.32 Å². The molecule has 0 saturated carbocycles. The van der Waals surface area contributed by atoms with Crippen molar-refractivity contribution in [1.82, 2.24) is 10.3 Å². The molecule has 0 fully saturated rings. The highest BCUT2D eigenvalue weighted by molar-refractivity contribution is 6.06. The van der Waals surface area contributed by atoms with Gasteiger partial charge in [-0.2, -0.15) is 0 Å². The molecule has 21 heavy (non-hydrogen) atoms. The molecule has 104 valence electrons. The van der Waals surface area contributed by atoms with Gasteiger partial charge >= 0.3 is 0 Å². The Labute approximate surface area is 123 Å². The molecule has 0 bridgehead atoms. The first-order valence-electron chi connectivity index (χ1n) is 6.94. The van der Waals surface area contributed by atoms with Gasteiger partial charge in [0.15, 0.2) is 0 Å². The van der Waals surface area contributed by atoms with Gasteiger partial charge in [0, 0.05) is 23.3 Å². The lowest BCUT2D eigenvalue weighted by molar-refractivity contribution is 0.0941. The molecule has 1 amide bonds. The zero-order chi connectivity index (χ0) is 14.7. The smallest absolute Gasteiger partial charge is 0.252 e. The van der Waals surface area contributed by atoms with E-state index in [1.165, 1.54) is 0 Å². The summed E-state index contributed by atoms with van der Waals surface area (Å²) in [6.07, 6.45) is 3.47. The van der Waals surface area contributed by atoms with Gasteiger partial charge in [0.2, 0.25) is 0 Å². The van der Waals surface area contributed by atoms with Crippen LogP contribution in [-0.4, -0.2) is 10.9 Å². The van der Waals surface area contributed by atoms with Gasteiger partial charge in [-0.1, -0.05) is 42.5 Å². The van der Waals surface area contributed by atoms with E-state index in [9.17, 15) is 4.79 Å². The maximum atomic E-state index is 12.5. The average Bonchev–Trinajstić information content (AvgIpc) is 2.55. The molecule has 1 N–H and O–H groups in total. The van der Waals surface area contributed by atoms with Crippen molar-refractivity contribution < 1.29 is 4.79 Å². The summed E-state index contributed by atoms with van der Waals surface area (Å²) < 4.78 is 0. The largest absolute Gasteiger partial charge is 0.345 e. The molecule has 1 aromatic heterocycles. The third-order valence-corrected chi connectivity index (χ3v) is 3.58. The number of nitrogens with zero attached hydrogens (tertiary/aromatic N) is 1. The van der Waals surface area contributed by atoms with Crippen molar-refractivity contribution in [2.75, 3.05) is 0 Å². The molecular formula is C18H16N2O. The van der Waals surface area contributed by atoms with E-state index in [4.69, 9.17) is 0 Å². The first-order valence-corrected chi connectivity index (χ1v) is 6.94. The molecule has 1 heterocycles. The number of hydrogen-bond acceptors (Lipinski definition) is 2. The third-order valence-electron chi connectivity index (χ3n) is 3.58. The Bertz CT molecular complexity index is 763. The van der Waals surface area contributed by atoms with Gasteiger partial charge in [-0.3, -0.25) is 9.78 Å². The van der Waals surface area contributed by atoms with Gasteiger partial charge in [0.05, 0.1) is 6.04 Å². The van der Waals surface area contributed by atoms with E-state index >= 15 is 0 Å². The maximum absolute atomic E-state index is 12.5. The Kier molecular flexibility index (Phi) is 3.65. The van der Waals surface area contributed by atoms with E-state index in [1.807, 2.05) is 61.5 Å². The maximum Gasteiger partial charge on any atom is 0.252 e. The fraction of sp³-hybridized carbons (Fsp3) is 0.111. The lowest BCUT2D eigenvalue weighted by Gasteiger charge is -2.15. The van der Waals surface area contributed by atoms with E-state index < -0.39 is 0 Å². The minimum absolute atomic E-state index is 0.0365. The van der Waals surface area contributed by atoms with E-state index in [0.29, 0.717) is 5.56 Å². The number of pyridine rings is 1. The molecule has 1 atom stereocenters. The Morgan fingerprint density at radius 3 is 2.67 bits per heavy atom. The van der Waals surface area contributed by atoms with E-state index in [-0.39, 0.29) is 11.9 Å². The fourth-order valence-electron chi connectivity index (χ4n) is 2.41. The van der Waals surface area contributed by atoms with Crippen LogP contribution in [0.3, 0.4) is 0 Å². The lowest BCUT2D eigenvalue weighted by Crippen LogP contribution is -2.26. The average molecular weight is 276 g/mol. The van der Waals surface area contributed by atoms with Crippen LogP contribution in [0.5, 0.6) is 0 Å². The summed E-state index contributed by atoms with van der Waals surface area (Å²) in [6, 6.07) is 17.5. The number of rotatable bonds is 3. The zero-order valence-electron chi connectivity index (χ0n) is 11.8. The highest BCUT2D eigenvalue weighted by Gasteiger charge is 2.13. The molecule has 0 aliphatic carbocycles. The van der Waals surface area contributed by atoms with Crippen LogP contribution >= 0.6 is 0 Å². The molecule has 0 aliphatic heterocycles. The summed E-state index contributed by atoms with van der Waals surface area (Å²) in [5.74, 6) is -0.0787. The molecule has 3 rings (SSSR count). The molecular weight excluding hydrogens is 260 g/mol. The van der Waals surface area contributed by atoms with Crippen LogP contribution in [-0.2, 0) is 0 Å². The van der Waals surface area contributed by atoms with Crippen molar-refractivity contribution in [3.05, 3.63) is 78.1 Å². The monoisotopic (exact) mass is 276 g/mol. The predicted octanol–water partition coefficient (Wildman–Crippen LogP) is 3.73. The van der Waals surface area contributed by atoms with Crippen molar-refractivity contribution in [2.24, 2.45) is 0 Å². The molecule has 3 heteroatoms. The SMILES string of the molecule is CC(NC(=O)c1cccc2ccncc12)c1ccccc1. The minimum atomic E-state index is -0.0787. The number of nitrogens with one attached hydrogen (secondary N) is 1. The molecule has 0 radical (unpaired) electrons. The zero-order valence-corrected chi connectivity index (χ0v) is 11.8. The number of fused-ring (bicyclic) bond motifs is 1. The van der Waals surface area contributed by atoms with Crippen molar-refractivity contribution in [3.63, 3.8) is 0 Å². The van der Waals surface area contributed by atoms with Gasteiger partial charge in [-0.25, -0.2) is 0 Å². The molecule has 1 unspecified atom stereocenters. The summed E-state index contributed by atoms with van der Waals surface area (Å²) in [5, 5.41) is 4.93. The standard InChI is InChI=1S/C18H16N2O/c1-13(14-6-3-2-4-7-14)20-18(21)16-9-5-8-15-10-11-19-12-17(15)16/h2-13H,1H3,(H,20,21). The summed E-state index contributed by atoms with van der Waals surface area (Å²) >= 11 is 0. The van der Waals surface area contributed by atoms with Crippen LogP contribution in [0.25, 0.3) is 10.8 Å². The summed E-state index contributed by atoms with van der Waals surface area (Å²) in [4.78, 5) is 16.6. The first-order chi connectivity index (χ1) is 10.3. The van der Waals surface area contributed by atoms with Crippen LogP contribution in [0.2, 0.25) is 0 Å². The number of hydrogen-bond donors (Lipinski definition) is 1. The second-order valence-electron chi connectivity index (χ2n) is 5.01. The Morgan fingerprint density at radius 1 is 1.05 bits per heavy atom. The number of aromatic nitrogens is 1. The molecule has 0 aliphatic rings. The van der Waals surface area contributed by atoms with Gasteiger partial charge in [0.1, 0.15) is 0 Å². The van der Waals surface area contributed by atoms with Crippen molar-refractivity contribution >= 4 is 16.7 Å². The summed E-state index contributed by atoms with van der Waals surface area (Å²) in [6.45, 7) is 1.98. The third kappa shape index (κ3) is 2.77. The highest BCUT2D eigenvalue weighted by Crippen LogP contribution is 2.19. The summed E-state index contributed by atoms with van der Waals surface area (Å²) in [5.41, 5.74) is 1.74. The van der Waals surface area contributed by atoms with Crippen LogP contribution in [0.15, 0.2) is 67.0 Å². The lowest BCUT2D eigenvalue weighted by atomic mass is 10.0. The number of benzene rings is 2. The predicted molar refractivity (Wildman–Crippen MR) is 84.1 cm³/mol. The van der Waals surface area contributed by atoms with E-state index in [1.54, 1.807) is 12.4 Å².